The lowest BCUT2D eigenvalue weighted by Crippen LogP contribution is -2.03. The molecule has 0 radical (unpaired) electrons. The molecule has 3 N–H and O–H groups in total. The van der Waals surface area contributed by atoms with Gasteiger partial charge >= 0.3 is 0 Å². The van der Waals surface area contributed by atoms with Gasteiger partial charge in [0.1, 0.15) is 5.69 Å². The van der Waals surface area contributed by atoms with Gasteiger partial charge in [0.25, 0.3) is 0 Å². The lowest BCUT2D eigenvalue weighted by atomic mass is 10.1. The van der Waals surface area contributed by atoms with Gasteiger partial charge in [-0.05, 0) is 41.9 Å². The predicted molar refractivity (Wildman–Crippen MR) is 67.1 cm³/mol. The van der Waals surface area contributed by atoms with Gasteiger partial charge in [0.05, 0.1) is 4.88 Å². The molecule has 0 unspecified atom stereocenters. The zero-order valence-corrected chi connectivity index (χ0v) is 10.8. The molecule has 2 aromatic rings. The fourth-order valence-electron chi connectivity index (χ4n) is 1.54. The summed E-state index contributed by atoms with van der Waals surface area (Å²) in [6.45, 7) is 2.68. The summed E-state index contributed by atoms with van der Waals surface area (Å²) in [6, 6.07) is 2.08. The number of rotatable bonds is 3. The highest BCUT2D eigenvalue weighted by Crippen LogP contribution is 2.31. The number of aromatic amines is 1. The minimum Gasteiger partial charge on any atom is -0.330 e. The summed E-state index contributed by atoms with van der Waals surface area (Å²) in [6.07, 6.45) is 0.868. The normalized spacial score (nSPS) is 10.9. The molecule has 0 amide bonds. The maximum atomic E-state index is 5.59. The van der Waals surface area contributed by atoms with Gasteiger partial charge in [-0.3, -0.25) is 5.10 Å². The van der Waals surface area contributed by atoms with Crippen molar-refractivity contribution in [2.45, 2.75) is 13.3 Å². The van der Waals surface area contributed by atoms with Crippen LogP contribution in [-0.2, 0) is 6.42 Å². The van der Waals surface area contributed by atoms with E-state index in [1.54, 1.807) is 11.3 Å². The van der Waals surface area contributed by atoms with E-state index in [-0.39, 0.29) is 0 Å². The standard InChI is InChI=1S/C10H12BrN3S/c1-6-8(2-3-12)10(14-13-6)9-4-7(11)5-15-9/h4-5H,2-3,12H2,1H3,(H,13,14). The maximum Gasteiger partial charge on any atom is 0.106 e. The number of thiophene rings is 1. The Balaban J connectivity index is 2.43. The first-order valence-electron chi connectivity index (χ1n) is 4.70. The summed E-state index contributed by atoms with van der Waals surface area (Å²) < 4.78 is 1.10. The van der Waals surface area contributed by atoms with Crippen LogP contribution >= 0.6 is 27.3 Å². The van der Waals surface area contributed by atoms with Crippen molar-refractivity contribution < 1.29 is 0 Å². The number of hydrogen-bond acceptors (Lipinski definition) is 3. The van der Waals surface area contributed by atoms with E-state index in [9.17, 15) is 0 Å². The van der Waals surface area contributed by atoms with E-state index >= 15 is 0 Å². The average Bonchev–Trinajstić information content (AvgIpc) is 2.76. The number of aryl methyl sites for hydroxylation is 1. The minimum absolute atomic E-state index is 0.653. The minimum atomic E-state index is 0.653. The predicted octanol–water partition coefficient (Wildman–Crippen LogP) is 2.71. The molecule has 2 rings (SSSR count). The molecule has 80 valence electrons. The highest BCUT2D eigenvalue weighted by atomic mass is 79.9. The molecule has 0 bridgehead atoms. The molecule has 3 nitrogen and oxygen atoms in total. The zero-order chi connectivity index (χ0) is 10.8. The van der Waals surface area contributed by atoms with Crippen LogP contribution in [0.3, 0.4) is 0 Å². The lowest BCUT2D eigenvalue weighted by Gasteiger charge is -1.99. The molecule has 0 saturated heterocycles. The van der Waals surface area contributed by atoms with Crippen molar-refractivity contribution in [3.8, 4) is 10.6 Å². The summed E-state index contributed by atoms with van der Waals surface area (Å²) in [5.41, 5.74) is 8.97. The van der Waals surface area contributed by atoms with E-state index in [2.05, 4.69) is 37.6 Å². The quantitative estimate of drug-likeness (QED) is 0.911. The second-order valence-electron chi connectivity index (χ2n) is 3.34. The molecule has 2 aromatic heterocycles. The van der Waals surface area contributed by atoms with Crippen molar-refractivity contribution in [3.05, 3.63) is 27.2 Å². The molecule has 0 aromatic carbocycles. The van der Waals surface area contributed by atoms with Crippen molar-refractivity contribution in [2.75, 3.05) is 6.54 Å². The zero-order valence-electron chi connectivity index (χ0n) is 8.38. The number of H-pyrrole nitrogens is 1. The maximum absolute atomic E-state index is 5.59. The van der Waals surface area contributed by atoms with Gasteiger partial charge < -0.3 is 5.73 Å². The van der Waals surface area contributed by atoms with Crippen LogP contribution in [0, 0.1) is 6.92 Å². The van der Waals surface area contributed by atoms with E-state index in [1.807, 2.05) is 6.92 Å². The van der Waals surface area contributed by atoms with Crippen LogP contribution in [0.15, 0.2) is 15.9 Å². The van der Waals surface area contributed by atoms with E-state index in [4.69, 9.17) is 5.73 Å². The Kier molecular flexibility index (Phi) is 3.23. The van der Waals surface area contributed by atoms with Gasteiger partial charge in [-0.2, -0.15) is 5.10 Å². The summed E-state index contributed by atoms with van der Waals surface area (Å²) >= 11 is 5.13. The van der Waals surface area contributed by atoms with Crippen LogP contribution in [0.4, 0.5) is 0 Å². The number of nitrogens with two attached hydrogens (primary N) is 1. The van der Waals surface area contributed by atoms with Gasteiger partial charge in [-0.25, -0.2) is 0 Å². The highest BCUT2D eigenvalue weighted by molar-refractivity contribution is 9.10. The Bertz CT molecular complexity index is 461. The number of hydrogen-bond donors (Lipinski definition) is 2. The van der Waals surface area contributed by atoms with E-state index in [0.717, 1.165) is 22.3 Å². The molecule has 0 fully saturated rings. The van der Waals surface area contributed by atoms with Crippen molar-refractivity contribution >= 4 is 27.3 Å². The van der Waals surface area contributed by atoms with Crippen molar-refractivity contribution in [3.63, 3.8) is 0 Å². The Morgan fingerprint density at radius 3 is 3.00 bits per heavy atom. The molecule has 0 aliphatic carbocycles. The number of halogens is 1. The van der Waals surface area contributed by atoms with E-state index < -0.39 is 0 Å². The van der Waals surface area contributed by atoms with Crippen LogP contribution in [0.5, 0.6) is 0 Å². The number of aromatic nitrogens is 2. The van der Waals surface area contributed by atoms with E-state index in [0.29, 0.717) is 6.54 Å². The fraction of sp³-hybridized carbons (Fsp3) is 0.300. The third kappa shape index (κ3) is 2.14. The Hall–Kier alpha value is -0.650. The van der Waals surface area contributed by atoms with Gasteiger partial charge in [0, 0.05) is 21.1 Å². The third-order valence-corrected chi connectivity index (χ3v) is 3.97. The van der Waals surface area contributed by atoms with Crippen LogP contribution in [0.25, 0.3) is 10.6 Å². The Morgan fingerprint density at radius 1 is 1.60 bits per heavy atom. The summed E-state index contributed by atoms with van der Waals surface area (Å²) in [7, 11) is 0. The average molecular weight is 286 g/mol. The van der Waals surface area contributed by atoms with Gasteiger partial charge in [0.15, 0.2) is 0 Å². The van der Waals surface area contributed by atoms with E-state index in [1.165, 1.54) is 10.4 Å². The molecule has 2 heterocycles. The van der Waals surface area contributed by atoms with Gasteiger partial charge in [0.2, 0.25) is 0 Å². The first kappa shape index (κ1) is 10.9. The first-order chi connectivity index (χ1) is 7.22. The van der Waals surface area contributed by atoms with Gasteiger partial charge in [-0.1, -0.05) is 0 Å². The molecule has 0 atom stereocenters. The molecular weight excluding hydrogens is 274 g/mol. The molecule has 0 aliphatic heterocycles. The first-order valence-corrected chi connectivity index (χ1v) is 6.38. The van der Waals surface area contributed by atoms with Crippen LogP contribution in [0.1, 0.15) is 11.3 Å². The fourth-order valence-corrected chi connectivity index (χ4v) is 2.99. The molecule has 0 saturated carbocycles. The molecule has 5 heteroatoms. The summed E-state index contributed by atoms with van der Waals surface area (Å²) in [5, 5.41) is 9.40. The second kappa shape index (κ2) is 4.47. The largest absolute Gasteiger partial charge is 0.330 e. The van der Waals surface area contributed by atoms with Crippen molar-refractivity contribution in [2.24, 2.45) is 5.73 Å². The second-order valence-corrected chi connectivity index (χ2v) is 5.17. The van der Waals surface area contributed by atoms with Gasteiger partial charge in [-0.15, -0.1) is 11.3 Å². The van der Waals surface area contributed by atoms with Crippen LogP contribution < -0.4 is 5.73 Å². The highest BCUT2D eigenvalue weighted by Gasteiger charge is 2.12. The van der Waals surface area contributed by atoms with Crippen molar-refractivity contribution in [1.29, 1.82) is 0 Å². The molecule has 0 spiro atoms. The molecule has 0 aliphatic rings. The van der Waals surface area contributed by atoms with Crippen LogP contribution in [-0.4, -0.2) is 16.7 Å². The SMILES string of the molecule is Cc1[nH]nc(-c2cc(Br)cs2)c1CCN. The Labute approximate surface area is 101 Å². The van der Waals surface area contributed by atoms with Crippen LogP contribution in [0.2, 0.25) is 0 Å². The number of nitrogens with one attached hydrogen (secondary N) is 1. The summed E-state index contributed by atoms with van der Waals surface area (Å²) in [4.78, 5) is 1.18. The smallest absolute Gasteiger partial charge is 0.106 e. The van der Waals surface area contributed by atoms with Crippen molar-refractivity contribution in [1.82, 2.24) is 10.2 Å². The molecular formula is C10H12BrN3S. The summed E-state index contributed by atoms with van der Waals surface area (Å²) in [5.74, 6) is 0. The number of nitrogens with zero attached hydrogens (tertiary/aromatic N) is 1. The third-order valence-electron chi connectivity index (χ3n) is 2.27. The lowest BCUT2D eigenvalue weighted by molar-refractivity contribution is 0.957. The topological polar surface area (TPSA) is 54.7 Å². The Morgan fingerprint density at radius 2 is 2.40 bits per heavy atom. The molecule has 15 heavy (non-hydrogen) atoms. The monoisotopic (exact) mass is 285 g/mol.